The Labute approximate surface area is 90.2 Å². The largest absolute Gasteiger partial charge is 0.397 e. The van der Waals surface area contributed by atoms with Crippen LogP contribution in [-0.4, -0.2) is 11.3 Å². The fourth-order valence-electron chi connectivity index (χ4n) is 0.903. The fraction of sp³-hybridized carbons (Fsp3) is 0.222. The summed E-state index contributed by atoms with van der Waals surface area (Å²) in [5.74, 6) is -2.68. The molecule has 0 saturated carbocycles. The van der Waals surface area contributed by atoms with E-state index in [9.17, 15) is 13.6 Å². The van der Waals surface area contributed by atoms with E-state index in [0.29, 0.717) is 0 Å². The van der Waals surface area contributed by atoms with Gasteiger partial charge in [0.2, 0.25) is 5.91 Å². The minimum Gasteiger partial charge on any atom is -0.397 e. The number of carbonyl (C=O) groups is 1. The molecule has 1 rings (SSSR count). The first-order chi connectivity index (χ1) is 6.91. The molecule has 0 saturated heterocycles. The van der Waals surface area contributed by atoms with Crippen molar-refractivity contribution in [3.05, 3.63) is 23.8 Å². The maximum Gasteiger partial charge on any atom is 0.242 e. The summed E-state index contributed by atoms with van der Waals surface area (Å²) in [5.41, 5.74) is 5.32. The van der Waals surface area contributed by atoms with Crippen LogP contribution in [-0.2, 0) is 4.79 Å². The Morgan fingerprint density at radius 3 is 2.53 bits per heavy atom. The van der Waals surface area contributed by atoms with Gasteiger partial charge in [-0.1, -0.05) is 0 Å². The lowest BCUT2D eigenvalue weighted by Gasteiger charge is -2.09. The maximum atomic E-state index is 12.8. The van der Waals surface area contributed by atoms with Crippen molar-refractivity contribution < 1.29 is 13.6 Å². The summed E-state index contributed by atoms with van der Waals surface area (Å²) in [5, 5.41) is 1.50. The molecule has 0 fully saturated rings. The summed E-state index contributed by atoms with van der Waals surface area (Å²) >= 11 is 5.48. The summed E-state index contributed by atoms with van der Waals surface area (Å²) in [7, 11) is 0. The van der Waals surface area contributed by atoms with Crippen LogP contribution in [0.1, 0.15) is 6.92 Å². The highest BCUT2D eigenvalue weighted by Crippen LogP contribution is 2.22. The third-order valence-electron chi connectivity index (χ3n) is 1.71. The second-order valence-corrected chi connectivity index (χ2v) is 3.61. The van der Waals surface area contributed by atoms with E-state index in [2.05, 4.69) is 5.32 Å². The standard InChI is InChI=1S/C9H9ClF2N2O/c1-4(10)9(15)14-8-3-6(12)5(11)2-7(8)13/h2-4H,13H2,1H3,(H,14,15). The predicted octanol–water partition coefficient (Wildman–Crippen LogP) is 2.11. The van der Waals surface area contributed by atoms with Crippen LogP contribution in [0.5, 0.6) is 0 Å². The third-order valence-corrected chi connectivity index (χ3v) is 1.91. The predicted molar refractivity (Wildman–Crippen MR) is 54.7 cm³/mol. The zero-order chi connectivity index (χ0) is 11.6. The van der Waals surface area contributed by atoms with Gasteiger partial charge in [-0.15, -0.1) is 11.6 Å². The molecule has 1 amide bonds. The number of rotatable bonds is 2. The minimum atomic E-state index is -1.08. The molecule has 15 heavy (non-hydrogen) atoms. The van der Waals surface area contributed by atoms with Crippen molar-refractivity contribution in [3.63, 3.8) is 0 Å². The Morgan fingerprint density at radius 2 is 2.00 bits per heavy atom. The number of nitrogens with one attached hydrogen (secondary N) is 1. The molecule has 0 aromatic heterocycles. The molecule has 0 spiro atoms. The number of hydrogen-bond acceptors (Lipinski definition) is 2. The first-order valence-corrected chi connectivity index (χ1v) is 4.55. The van der Waals surface area contributed by atoms with Gasteiger partial charge in [0.1, 0.15) is 5.38 Å². The molecule has 0 heterocycles. The van der Waals surface area contributed by atoms with Gasteiger partial charge in [-0.3, -0.25) is 4.79 Å². The molecule has 1 atom stereocenters. The summed E-state index contributed by atoms with van der Waals surface area (Å²) in [6.45, 7) is 1.45. The van der Waals surface area contributed by atoms with Crippen molar-refractivity contribution in [1.29, 1.82) is 0 Å². The minimum absolute atomic E-state index is 0.00593. The van der Waals surface area contributed by atoms with E-state index >= 15 is 0 Å². The zero-order valence-corrected chi connectivity index (χ0v) is 8.61. The lowest BCUT2D eigenvalue weighted by Crippen LogP contribution is -2.21. The van der Waals surface area contributed by atoms with Crippen molar-refractivity contribution >= 4 is 28.9 Å². The number of anilines is 2. The summed E-state index contributed by atoms with van der Waals surface area (Å²) < 4.78 is 25.5. The Bertz CT molecular complexity index is 396. The second kappa shape index (κ2) is 4.44. The lowest BCUT2D eigenvalue weighted by atomic mass is 10.2. The summed E-state index contributed by atoms with van der Waals surface area (Å²) in [6, 6.07) is 1.60. The molecule has 1 aromatic rings. The van der Waals surface area contributed by atoms with Crippen LogP contribution in [0.2, 0.25) is 0 Å². The molecular weight excluding hydrogens is 226 g/mol. The van der Waals surface area contributed by atoms with E-state index < -0.39 is 22.9 Å². The number of hydrogen-bond donors (Lipinski definition) is 2. The molecule has 0 aliphatic heterocycles. The van der Waals surface area contributed by atoms with Crippen molar-refractivity contribution in [1.82, 2.24) is 0 Å². The first-order valence-electron chi connectivity index (χ1n) is 4.11. The Kier molecular flexibility index (Phi) is 3.47. The average molecular weight is 235 g/mol. The van der Waals surface area contributed by atoms with Crippen molar-refractivity contribution in [2.75, 3.05) is 11.1 Å². The monoisotopic (exact) mass is 234 g/mol. The molecule has 0 radical (unpaired) electrons. The zero-order valence-electron chi connectivity index (χ0n) is 7.85. The Hall–Kier alpha value is -1.36. The van der Waals surface area contributed by atoms with E-state index in [-0.39, 0.29) is 11.4 Å². The molecule has 0 aliphatic carbocycles. The van der Waals surface area contributed by atoms with Crippen molar-refractivity contribution in [2.24, 2.45) is 0 Å². The van der Waals surface area contributed by atoms with Gasteiger partial charge >= 0.3 is 0 Å². The molecule has 1 unspecified atom stereocenters. The summed E-state index contributed by atoms with van der Waals surface area (Å²) in [4.78, 5) is 11.1. The average Bonchev–Trinajstić information content (AvgIpc) is 2.13. The molecule has 3 nitrogen and oxygen atoms in total. The van der Waals surface area contributed by atoms with E-state index in [4.69, 9.17) is 17.3 Å². The lowest BCUT2D eigenvalue weighted by molar-refractivity contribution is -0.115. The number of benzene rings is 1. The van der Waals surface area contributed by atoms with Crippen LogP contribution >= 0.6 is 11.6 Å². The fourth-order valence-corrected chi connectivity index (χ4v) is 0.957. The molecule has 1 aromatic carbocycles. The SMILES string of the molecule is CC(Cl)C(=O)Nc1cc(F)c(F)cc1N. The molecule has 6 heteroatoms. The number of alkyl halides is 1. The molecule has 3 N–H and O–H groups in total. The number of halogens is 3. The molecule has 0 bridgehead atoms. The highest BCUT2D eigenvalue weighted by molar-refractivity contribution is 6.32. The second-order valence-electron chi connectivity index (χ2n) is 2.96. The van der Waals surface area contributed by atoms with Crippen molar-refractivity contribution in [2.45, 2.75) is 12.3 Å². The first kappa shape index (κ1) is 11.7. The topological polar surface area (TPSA) is 55.1 Å². The van der Waals surface area contributed by atoms with Crippen LogP contribution in [0.4, 0.5) is 20.2 Å². The van der Waals surface area contributed by atoms with Crippen LogP contribution < -0.4 is 11.1 Å². The van der Waals surface area contributed by atoms with Crippen LogP contribution in [0.3, 0.4) is 0 Å². The molecule has 82 valence electrons. The van der Waals surface area contributed by atoms with Gasteiger partial charge in [0.05, 0.1) is 11.4 Å². The van der Waals surface area contributed by atoms with Crippen molar-refractivity contribution in [3.8, 4) is 0 Å². The van der Waals surface area contributed by atoms with Gasteiger partial charge in [0.25, 0.3) is 0 Å². The van der Waals surface area contributed by atoms with Gasteiger partial charge in [0, 0.05) is 12.1 Å². The number of nitrogens with two attached hydrogens (primary N) is 1. The van der Waals surface area contributed by atoms with Gasteiger partial charge in [0.15, 0.2) is 11.6 Å². The molecular formula is C9H9ClF2N2O. The highest BCUT2D eigenvalue weighted by atomic mass is 35.5. The maximum absolute atomic E-state index is 12.8. The van der Waals surface area contributed by atoms with Gasteiger partial charge in [-0.05, 0) is 6.92 Å². The van der Waals surface area contributed by atoms with Crippen LogP contribution in [0.25, 0.3) is 0 Å². The summed E-state index contributed by atoms with van der Waals surface area (Å²) in [6.07, 6.45) is 0. The quantitative estimate of drug-likeness (QED) is 0.608. The van der Waals surface area contributed by atoms with Gasteiger partial charge in [-0.25, -0.2) is 8.78 Å². The van der Waals surface area contributed by atoms with Crippen LogP contribution in [0, 0.1) is 11.6 Å². The Balaban J connectivity index is 2.96. The van der Waals surface area contributed by atoms with E-state index in [1.807, 2.05) is 0 Å². The number of amides is 1. The van der Waals surface area contributed by atoms with Crippen LogP contribution in [0.15, 0.2) is 12.1 Å². The smallest absolute Gasteiger partial charge is 0.242 e. The van der Waals surface area contributed by atoms with E-state index in [1.165, 1.54) is 6.92 Å². The van der Waals surface area contributed by atoms with E-state index in [1.54, 1.807) is 0 Å². The van der Waals surface area contributed by atoms with E-state index in [0.717, 1.165) is 12.1 Å². The van der Waals surface area contributed by atoms with Gasteiger partial charge < -0.3 is 11.1 Å². The highest BCUT2D eigenvalue weighted by Gasteiger charge is 2.13. The number of nitrogen functional groups attached to an aromatic ring is 1. The third kappa shape index (κ3) is 2.79. The Morgan fingerprint density at radius 1 is 1.47 bits per heavy atom. The normalized spacial score (nSPS) is 12.3. The number of carbonyl (C=O) groups excluding carboxylic acids is 1. The molecule has 0 aliphatic rings. The van der Waals surface area contributed by atoms with Gasteiger partial charge in [-0.2, -0.15) is 0 Å².